The lowest BCUT2D eigenvalue weighted by Gasteiger charge is -2.05. The molecule has 0 spiro atoms. The van der Waals surface area contributed by atoms with Gasteiger partial charge in [-0.2, -0.15) is 15.6 Å². The smallest absolute Gasteiger partial charge is 0.216 e. The Morgan fingerprint density at radius 1 is 1.39 bits per heavy atom. The van der Waals surface area contributed by atoms with Gasteiger partial charge >= 0.3 is 0 Å². The van der Waals surface area contributed by atoms with Crippen molar-refractivity contribution in [1.29, 1.82) is 5.26 Å². The zero-order valence-corrected chi connectivity index (χ0v) is 12.8. The molecule has 0 aliphatic heterocycles. The van der Waals surface area contributed by atoms with Crippen LogP contribution in [0.4, 0.5) is 5.69 Å². The highest BCUT2D eigenvalue weighted by atomic mass is 35.5. The fourth-order valence-corrected chi connectivity index (χ4v) is 2.22. The molecule has 0 aliphatic rings. The van der Waals surface area contributed by atoms with Crippen LogP contribution >= 0.6 is 11.6 Å². The van der Waals surface area contributed by atoms with Crippen molar-refractivity contribution in [2.45, 2.75) is 6.92 Å². The van der Waals surface area contributed by atoms with E-state index in [2.05, 4.69) is 31.0 Å². The van der Waals surface area contributed by atoms with Gasteiger partial charge in [-0.15, -0.1) is 10.2 Å². The number of halogens is 1. The van der Waals surface area contributed by atoms with E-state index in [9.17, 15) is 0 Å². The first-order valence-electron chi connectivity index (χ1n) is 6.60. The van der Waals surface area contributed by atoms with Crippen LogP contribution in [0.5, 0.6) is 0 Å². The van der Waals surface area contributed by atoms with Gasteiger partial charge in [0.25, 0.3) is 0 Å². The molecule has 0 bridgehead atoms. The van der Waals surface area contributed by atoms with E-state index in [4.69, 9.17) is 16.9 Å². The fourth-order valence-electron chi connectivity index (χ4n) is 1.93. The molecular formula is C14H11ClN8. The zero-order valence-electron chi connectivity index (χ0n) is 12.0. The minimum atomic E-state index is 0.232. The van der Waals surface area contributed by atoms with Crippen LogP contribution in [-0.4, -0.2) is 30.4 Å². The summed E-state index contributed by atoms with van der Waals surface area (Å²) in [5, 5.41) is 30.2. The number of anilines is 1. The van der Waals surface area contributed by atoms with Gasteiger partial charge in [-0.05, 0) is 42.5 Å². The lowest BCUT2D eigenvalue weighted by atomic mass is 10.2. The highest BCUT2D eigenvalue weighted by molar-refractivity contribution is 6.29. The number of hydrogen-bond acceptors (Lipinski definition) is 6. The van der Waals surface area contributed by atoms with Crippen molar-refractivity contribution in [3.63, 3.8) is 0 Å². The van der Waals surface area contributed by atoms with E-state index in [1.54, 1.807) is 10.7 Å². The zero-order chi connectivity index (χ0) is 16.2. The SMILES string of the molecule is Cc1cc(Cl)n(-c2ccc(NC=C(C#N)c3nn[nH]n3)cc2)n1. The molecule has 0 amide bonds. The summed E-state index contributed by atoms with van der Waals surface area (Å²) in [5.41, 5.74) is 2.76. The van der Waals surface area contributed by atoms with Gasteiger partial charge in [-0.3, -0.25) is 0 Å². The number of nitrogens with zero attached hydrogens (tertiary/aromatic N) is 6. The monoisotopic (exact) mass is 326 g/mol. The van der Waals surface area contributed by atoms with Crippen LogP contribution in [0.15, 0.2) is 36.5 Å². The number of aromatic nitrogens is 6. The number of aromatic amines is 1. The summed E-state index contributed by atoms with van der Waals surface area (Å²) >= 11 is 6.11. The predicted molar refractivity (Wildman–Crippen MR) is 84.7 cm³/mol. The van der Waals surface area contributed by atoms with Gasteiger partial charge in [0, 0.05) is 11.9 Å². The van der Waals surface area contributed by atoms with Crippen LogP contribution < -0.4 is 5.32 Å². The molecule has 0 atom stereocenters. The summed E-state index contributed by atoms with van der Waals surface area (Å²) in [7, 11) is 0. The molecule has 0 aliphatic carbocycles. The topological polar surface area (TPSA) is 108 Å². The lowest BCUT2D eigenvalue weighted by Crippen LogP contribution is -1.97. The van der Waals surface area contributed by atoms with Crippen molar-refractivity contribution in [3.05, 3.63) is 53.2 Å². The summed E-state index contributed by atoms with van der Waals surface area (Å²) < 4.78 is 1.65. The van der Waals surface area contributed by atoms with Crippen LogP contribution in [0.2, 0.25) is 5.15 Å². The molecule has 2 heterocycles. The Kier molecular flexibility index (Phi) is 4.03. The van der Waals surface area contributed by atoms with Gasteiger partial charge in [0.15, 0.2) is 0 Å². The molecule has 2 aromatic heterocycles. The maximum Gasteiger partial charge on any atom is 0.216 e. The molecule has 1 aromatic carbocycles. The van der Waals surface area contributed by atoms with Crippen LogP contribution in [-0.2, 0) is 0 Å². The Labute approximate surface area is 136 Å². The first kappa shape index (κ1) is 14.7. The third-order valence-corrected chi connectivity index (χ3v) is 3.26. The predicted octanol–water partition coefficient (Wildman–Crippen LogP) is 2.32. The van der Waals surface area contributed by atoms with Crippen molar-refractivity contribution >= 4 is 22.9 Å². The second-order valence-electron chi connectivity index (χ2n) is 4.62. The van der Waals surface area contributed by atoms with Crippen LogP contribution in [0.3, 0.4) is 0 Å². The number of aryl methyl sites for hydroxylation is 1. The molecule has 0 saturated carbocycles. The second kappa shape index (κ2) is 6.29. The number of allylic oxidation sites excluding steroid dienone is 1. The van der Waals surface area contributed by atoms with E-state index < -0.39 is 0 Å². The third kappa shape index (κ3) is 3.20. The van der Waals surface area contributed by atoms with Crippen LogP contribution in [0, 0.1) is 18.3 Å². The van der Waals surface area contributed by atoms with Crippen molar-refractivity contribution in [2.24, 2.45) is 0 Å². The Morgan fingerprint density at radius 2 is 2.17 bits per heavy atom. The molecule has 2 N–H and O–H groups in total. The average molecular weight is 327 g/mol. The van der Waals surface area contributed by atoms with E-state index in [0.29, 0.717) is 5.15 Å². The van der Waals surface area contributed by atoms with Gasteiger partial charge in [0.2, 0.25) is 5.82 Å². The minimum absolute atomic E-state index is 0.232. The van der Waals surface area contributed by atoms with Crippen molar-refractivity contribution < 1.29 is 0 Å². The summed E-state index contributed by atoms with van der Waals surface area (Å²) in [5.74, 6) is 0.232. The molecule has 0 saturated heterocycles. The highest BCUT2D eigenvalue weighted by Crippen LogP contribution is 2.19. The van der Waals surface area contributed by atoms with Crippen molar-refractivity contribution in [2.75, 3.05) is 5.32 Å². The average Bonchev–Trinajstić information content (AvgIpc) is 3.19. The number of hydrogen-bond donors (Lipinski definition) is 2. The maximum atomic E-state index is 9.10. The van der Waals surface area contributed by atoms with E-state index in [-0.39, 0.29) is 11.4 Å². The van der Waals surface area contributed by atoms with Gasteiger partial charge in [-0.1, -0.05) is 11.6 Å². The van der Waals surface area contributed by atoms with Gasteiger partial charge < -0.3 is 5.32 Å². The summed E-state index contributed by atoms with van der Waals surface area (Å²) in [6.07, 6.45) is 1.52. The van der Waals surface area contributed by atoms with Gasteiger partial charge in [-0.25, -0.2) is 4.68 Å². The standard InChI is InChI=1S/C14H11ClN8/c1-9-6-13(15)23(20-9)12-4-2-11(3-5-12)17-8-10(7-16)14-18-21-22-19-14/h2-6,8,17H,1H3,(H,18,19,21,22). The summed E-state index contributed by atoms with van der Waals surface area (Å²) in [4.78, 5) is 0. The normalized spacial score (nSPS) is 11.3. The van der Waals surface area contributed by atoms with E-state index >= 15 is 0 Å². The molecule has 3 aromatic rings. The molecule has 0 fully saturated rings. The lowest BCUT2D eigenvalue weighted by molar-refractivity contribution is 0.863. The molecule has 0 radical (unpaired) electrons. The van der Waals surface area contributed by atoms with Gasteiger partial charge in [0.05, 0.1) is 11.4 Å². The first-order valence-corrected chi connectivity index (χ1v) is 6.98. The number of tetrazole rings is 1. The summed E-state index contributed by atoms with van der Waals surface area (Å²) in [6, 6.07) is 11.2. The van der Waals surface area contributed by atoms with Crippen LogP contribution in [0.25, 0.3) is 11.3 Å². The maximum absolute atomic E-state index is 9.10. The number of H-pyrrole nitrogens is 1. The number of benzene rings is 1. The molecule has 3 rings (SSSR count). The highest BCUT2D eigenvalue weighted by Gasteiger charge is 2.06. The molecule has 114 valence electrons. The van der Waals surface area contributed by atoms with Crippen molar-refractivity contribution in [3.8, 4) is 11.8 Å². The van der Waals surface area contributed by atoms with Crippen LogP contribution in [0.1, 0.15) is 11.5 Å². The molecule has 8 nitrogen and oxygen atoms in total. The summed E-state index contributed by atoms with van der Waals surface area (Å²) in [6.45, 7) is 1.88. The Balaban J connectivity index is 1.78. The largest absolute Gasteiger partial charge is 0.360 e. The molecule has 23 heavy (non-hydrogen) atoms. The third-order valence-electron chi connectivity index (χ3n) is 2.99. The Bertz CT molecular complexity index is 871. The van der Waals surface area contributed by atoms with Crippen molar-refractivity contribution in [1.82, 2.24) is 30.4 Å². The Morgan fingerprint density at radius 3 is 2.74 bits per heavy atom. The molecular weight excluding hydrogens is 316 g/mol. The molecule has 9 heteroatoms. The number of nitrogens with one attached hydrogen (secondary N) is 2. The Hall–Kier alpha value is -3.18. The quantitative estimate of drug-likeness (QED) is 0.712. The van der Waals surface area contributed by atoms with Gasteiger partial charge in [0.1, 0.15) is 16.8 Å². The number of rotatable bonds is 4. The molecule has 0 unspecified atom stereocenters. The minimum Gasteiger partial charge on any atom is -0.360 e. The first-order chi connectivity index (χ1) is 11.2. The van der Waals surface area contributed by atoms with E-state index in [1.807, 2.05) is 37.3 Å². The second-order valence-corrected chi connectivity index (χ2v) is 5.00. The number of nitriles is 1. The van der Waals surface area contributed by atoms with E-state index in [0.717, 1.165) is 17.1 Å². The van der Waals surface area contributed by atoms with E-state index in [1.165, 1.54) is 6.20 Å². The fraction of sp³-hybridized carbons (Fsp3) is 0.0714.